The number of rotatable bonds is 7. The maximum atomic E-state index is 6.31. The molecule has 6 unspecified atom stereocenters. The summed E-state index contributed by atoms with van der Waals surface area (Å²) in [5.74, 6) is 0.982. The van der Waals surface area contributed by atoms with Crippen molar-refractivity contribution in [1.82, 2.24) is 0 Å². The van der Waals surface area contributed by atoms with Crippen LogP contribution < -0.4 is 0 Å². The van der Waals surface area contributed by atoms with Crippen molar-refractivity contribution in [3.05, 3.63) is 70.8 Å². The molecule has 32 heavy (non-hydrogen) atoms. The first-order valence-electron chi connectivity index (χ1n) is 12.2. The minimum absolute atomic E-state index is 0.0914. The second kappa shape index (κ2) is 10.9. The second-order valence-corrected chi connectivity index (χ2v) is 9.64. The Bertz CT molecular complexity index is 760. The van der Waals surface area contributed by atoms with Crippen molar-refractivity contribution in [2.24, 2.45) is 11.8 Å². The van der Waals surface area contributed by atoms with Crippen LogP contribution >= 0.6 is 0 Å². The second-order valence-electron chi connectivity index (χ2n) is 9.64. The Morgan fingerprint density at radius 1 is 0.625 bits per heavy atom. The monoisotopic (exact) mass is 438 g/mol. The SMILES string of the molecule is Cc1ccc(C2OC(OCCOC3CCC(C)C(c4ccc(C)cc4)O3)CCC2C)cc1. The lowest BCUT2D eigenvalue weighted by molar-refractivity contribution is -0.238. The Balaban J connectivity index is 1.22. The van der Waals surface area contributed by atoms with Gasteiger partial charge in [-0.1, -0.05) is 73.5 Å². The Kier molecular flexibility index (Phi) is 8.01. The fourth-order valence-corrected chi connectivity index (χ4v) is 4.76. The van der Waals surface area contributed by atoms with Gasteiger partial charge in [-0.3, -0.25) is 0 Å². The molecule has 4 nitrogen and oxygen atoms in total. The van der Waals surface area contributed by atoms with Crippen LogP contribution in [0.25, 0.3) is 0 Å². The third-order valence-corrected chi connectivity index (χ3v) is 6.85. The van der Waals surface area contributed by atoms with Crippen molar-refractivity contribution in [3.8, 4) is 0 Å². The molecular weight excluding hydrogens is 400 g/mol. The van der Waals surface area contributed by atoms with E-state index in [1.807, 2.05) is 0 Å². The predicted molar refractivity (Wildman–Crippen MR) is 126 cm³/mol. The third kappa shape index (κ3) is 5.99. The van der Waals surface area contributed by atoms with E-state index in [2.05, 4.69) is 76.2 Å². The van der Waals surface area contributed by atoms with Crippen molar-refractivity contribution >= 4 is 0 Å². The first kappa shape index (κ1) is 23.4. The molecule has 0 saturated carbocycles. The number of benzene rings is 2. The molecule has 0 aromatic heterocycles. The highest BCUT2D eigenvalue weighted by molar-refractivity contribution is 5.24. The van der Waals surface area contributed by atoms with Crippen LogP contribution in [0, 0.1) is 25.7 Å². The molecule has 0 radical (unpaired) electrons. The highest BCUT2D eigenvalue weighted by Crippen LogP contribution is 2.37. The van der Waals surface area contributed by atoms with E-state index in [4.69, 9.17) is 18.9 Å². The molecule has 174 valence electrons. The average molecular weight is 439 g/mol. The summed E-state index contributed by atoms with van der Waals surface area (Å²) in [6, 6.07) is 17.3. The molecule has 0 aliphatic carbocycles. The van der Waals surface area contributed by atoms with Crippen LogP contribution in [0.1, 0.15) is 74.0 Å². The van der Waals surface area contributed by atoms with Gasteiger partial charge in [0.25, 0.3) is 0 Å². The van der Waals surface area contributed by atoms with Crippen molar-refractivity contribution in [2.75, 3.05) is 13.2 Å². The van der Waals surface area contributed by atoms with Crippen molar-refractivity contribution in [1.29, 1.82) is 0 Å². The van der Waals surface area contributed by atoms with Crippen LogP contribution in [0.3, 0.4) is 0 Å². The Morgan fingerprint density at radius 3 is 1.38 bits per heavy atom. The Hall–Kier alpha value is -1.72. The van der Waals surface area contributed by atoms with Gasteiger partial charge in [0.1, 0.15) is 0 Å². The molecule has 2 aromatic rings. The van der Waals surface area contributed by atoms with E-state index in [9.17, 15) is 0 Å². The minimum atomic E-state index is -0.172. The fraction of sp³-hybridized carbons (Fsp3) is 0.571. The van der Waals surface area contributed by atoms with E-state index in [1.165, 1.54) is 22.3 Å². The number of aryl methyl sites for hydroxylation is 2. The van der Waals surface area contributed by atoms with Crippen molar-refractivity contribution < 1.29 is 18.9 Å². The summed E-state index contributed by atoms with van der Waals surface area (Å²) in [7, 11) is 0. The molecule has 0 spiro atoms. The first-order valence-corrected chi connectivity index (χ1v) is 12.2. The molecule has 2 fully saturated rings. The lowest BCUT2D eigenvalue weighted by atomic mass is 9.90. The van der Waals surface area contributed by atoms with E-state index < -0.39 is 0 Å². The molecule has 4 heteroatoms. The van der Waals surface area contributed by atoms with Crippen molar-refractivity contribution in [2.45, 2.75) is 78.2 Å². The zero-order chi connectivity index (χ0) is 22.5. The highest BCUT2D eigenvalue weighted by atomic mass is 16.7. The average Bonchev–Trinajstić information content (AvgIpc) is 2.80. The molecule has 2 aliphatic heterocycles. The summed E-state index contributed by atoms with van der Waals surface area (Å²) in [6.45, 7) is 9.78. The fourth-order valence-electron chi connectivity index (χ4n) is 4.76. The molecule has 0 bridgehead atoms. The van der Waals surface area contributed by atoms with Crippen LogP contribution in [0.2, 0.25) is 0 Å². The van der Waals surface area contributed by atoms with Crippen LogP contribution in [-0.4, -0.2) is 25.8 Å². The summed E-state index contributed by atoms with van der Waals surface area (Å²) >= 11 is 0. The largest absolute Gasteiger partial charge is 0.350 e. The molecule has 2 saturated heterocycles. The standard InChI is InChI=1S/C28H38O4/c1-19-5-11-23(12-6-19)27-21(3)9-15-25(31-27)29-17-18-30-26-16-10-22(4)28(32-26)24-13-7-20(2)8-14-24/h5-8,11-14,21-22,25-28H,9-10,15-18H2,1-4H3. The number of hydrogen-bond donors (Lipinski definition) is 0. The number of ether oxygens (including phenoxy) is 4. The van der Waals surface area contributed by atoms with Gasteiger partial charge in [0.2, 0.25) is 0 Å². The molecule has 2 aliphatic rings. The van der Waals surface area contributed by atoms with Crippen LogP contribution in [0.15, 0.2) is 48.5 Å². The van der Waals surface area contributed by atoms with Crippen molar-refractivity contribution in [3.63, 3.8) is 0 Å². The maximum absolute atomic E-state index is 6.31. The molecule has 4 rings (SSSR count). The summed E-state index contributed by atoms with van der Waals surface area (Å²) in [5, 5.41) is 0. The van der Waals surface area contributed by atoms with Crippen LogP contribution in [0.5, 0.6) is 0 Å². The Labute approximate surface area is 193 Å². The quantitative estimate of drug-likeness (QED) is 0.453. The lowest BCUT2D eigenvalue weighted by Gasteiger charge is -2.36. The topological polar surface area (TPSA) is 36.9 Å². The van der Waals surface area contributed by atoms with Gasteiger partial charge >= 0.3 is 0 Å². The zero-order valence-electron chi connectivity index (χ0n) is 20.0. The highest BCUT2D eigenvalue weighted by Gasteiger charge is 2.31. The van der Waals surface area contributed by atoms with Crippen LogP contribution in [0.4, 0.5) is 0 Å². The molecule has 2 heterocycles. The normalized spacial score (nSPS) is 30.9. The Morgan fingerprint density at radius 2 is 1.00 bits per heavy atom. The van der Waals surface area contributed by atoms with Gasteiger partial charge in [-0.2, -0.15) is 0 Å². The molecular formula is C28H38O4. The van der Waals surface area contributed by atoms with E-state index in [0.29, 0.717) is 25.0 Å². The molecule has 2 aromatic carbocycles. The molecule has 0 N–H and O–H groups in total. The van der Waals surface area contributed by atoms with E-state index >= 15 is 0 Å². The lowest BCUT2D eigenvalue weighted by Crippen LogP contribution is -2.33. The van der Waals surface area contributed by atoms with Gasteiger partial charge < -0.3 is 18.9 Å². The maximum Gasteiger partial charge on any atom is 0.158 e. The van der Waals surface area contributed by atoms with E-state index in [1.54, 1.807) is 0 Å². The summed E-state index contributed by atoms with van der Waals surface area (Å²) in [4.78, 5) is 0. The van der Waals surface area contributed by atoms with Gasteiger partial charge in [-0.25, -0.2) is 0 Å². The minimum Gasteiger partial charge on any atom is -0.350 e. The molecule has 6 atom stereocenters. The smallest absolute Gasteiger partial charge is 0.158 e. The van der Waals surface area contributed by atoms with Gasteiger partial charge in [0, 0.05) is 0 Å². The van der Waals surface area contributed by atoms with Gasteiger partial charge in [-0.15, -0.1) is 0 Å². The number of hydrogen-bond acceptors (Lipinski definition) is 4. The summed E-state index contributed by atoms with van der Waals surface area (Å²) in [5.41, 5.74) is 5.01. The van der Waals surface area contributed by atoms with Crippen LogP contribution in [-0.2, 0) is 18.9 Å². The molecule has 0 amide bonds. The summed E-state index contributed by atoms with van der Waals surface area (Å²) < 4.78 is 24.7. The first-order chi connectivity index (χ1) is 15.5. The van der Waals surface area contributed by atoms with E-state index in [0.717, 1.165) is 25.7 Å². The zero-order valence-corrected chi connectivity index (χ0v) is 20.0. The van der Waals surface area contributed by atoms with Gasteiger partial charge in [0.15, 0.2) is 12.6 Å². The third-order valence-electron chi connectivity index (χ3n) is 6.85. The summed E-state index contributed by atoms with van der Waals surface area (Å²) in [6.07, 6.45) is 3.90. The van der Waals surface area contributed by atoms with E-state index in [-0.39, 0.29) is 24.8 Å². The van der Waals surface area contributed by atoms with Gasteiger partial charge in [-0.05, 0) is 62.5 Å². The predicted octanol–water partition coefficient (Wildman–Crippen LogP) is 6.66. The van der Waals surface area contributed by atoms with Gasteiger partial charge in [0.05, 0.1) is 25.4 Å².